The monoisotopic (exact) mass is 375 g/mol. The van der Waals surface area contributed by atoms with Crippen LogP contribution in [0.3, 0.4) is 0 Å². The zero-order valence-electron chi connectivity index (χ0n) is 11.0. The van der Waals surface area contributed by atoms with Crippen LogP contribution in [0, 0.1) is 13.8 Å². The van der Waals surface area contributed by atoms with Gasteiger partial charge in [0.25, 0.3) is 10.0 Å². The van der Waals surface area contributed by atoms with E-state index in [1.165, 1.54) is 11.3 Å². The van der Waals surface area contributed by atoms with Crippen molar-refractivity contribution in [3.8, 4) is 0 Å². The largest absolute Gasteiger partial charge is 0.326 e. The number of halogens is 1. The van der Waals surface area contributed by atoms with Gasteiger partial charge in [-0.15, -0.1) is 11.3 Å². The summed E-state index contributed by atoms with van der Waals surface area (Å²) in [6.07, 6.45) is 1.63. The van der Waals surface area contributed by atoms with E-state index in [2.05, 4.69) is 25.6 Å². The summed E-state index contributed by atoms with van der Waals surface area (Å²) in [5, 5.41) is 0.358. The topological polar surface area (TPSA) is 85.1 Å². The van der Waals surface area contributed by atoms with Gasteiger partial charge >= 0.3 is 0 Å². The molecule has 0 aliphatic rings. The van der Waals surface area contributed by atoms with Gasteiger partial charge < -0.3 is 5.73 Å². The van der Waals surface area contributed by atoms with E-state index in [1.54, 1.807) is 19.2 Å². The Morgan fingerprint density at radius 2 is 2.10 bits per heavy atom. The van der Waals surface area contributed by atoms with Gasteiger partial charge in [0.2, 0.25) is 0 Å². The highest BCUT2D eigenvalue weighted by molar-refractivity contribution is 9.10. The van der Waals surface area contributed by atoms with E-state index >= 15 is 0 Å². The van der Waals surface area contributed by atoms with Crippen molar-refractivity contribution in [2.45, 2.75) is 25.3 Å². The number of hydrogen-bond donors (Lipinski definition) is 2. The molecule has 0 fully saturated rings. The zero-order chi connectivity index (χ0) is 14.9. The lowest BCUT2D eigenvalue weighted by atomic mass is 10.1. The third-order valence-corrected chi connectivity index (χ3v) is 5.97. The van der Waals surface area contributed by atoms with Crippen molar-refractivity contribution in [2.75, 3.05) is 4.72 Å². The summed E-state index contributed by atoms with van der Waals surface area (Å²) in [5.74, 6) is 0. The molecule has 2 rings (SSSR count). The molecular weight excluding hydrogens is 362 g/mol. The van der Waals surface area contributed by atoms with Crippen molar-refractivity contribution in [3.05, 3.63) is 38.8 Å². The van der Waals surface area contributed by atoms with Crippen LogP contribution in [0.15, 0.2) is 27.7 Å². The predicted molar refractivity (Wildman–Crippen MR) is 84.4 cm³/mol. The van der Waals surface area contributed by atoms with Crippen molar-refractivity contribution in [3.63, 3.8) is 0 Å². The summed E-state index contributed by atoms with van der Waals surface area (Å²) >= 11 is 4.65. The first kappa shape index (κ1) is 15.4. The molecule has 20 heavy (non-hydrogen) atoms. The van der Waals surface area contributed by atoms with Crippen molar-refractivity contribution >= 4 is 42.4 Å². The third-order valence-electron chi connectivity index (χ3n) is 2.72. The van der Waals surface area contributed by atoms with Crippen molar-refractivity contribution in [2.24, 2.45) is 5.73 Å². The van der Waals surface area contributed by atoms with Crippen LogP contribution in [-0.2, 0) is 16.6 Å². The summed E-state index contributed by atoms with van der Waals surface area (Å²) in [7, 11) is -3.67. The molecule has 0 aliphatic heterocycles. The average molecular weight is 376 g/mol. The molecule has 0 saturated heterocycles. The molecule has 0 atom stereocenters. The Balaban J connectivity index is 2.46. The molecule has 1 aromatic heterocycles. The Bertz CT molecular complexity index is 741. The minimum atomic E-state index is -3.67. The number of nitrogens with one attached hydrogen (secondary N) is 1. The van der Waals surface area contributed by atoms with Crippen LogP contribution in [-0.4, -0.2) is 13.4 Å². The lowest BCUT2D eigenvalue weighted by molar-refractivity contribution is 0.600. The normalized spacial score (nSPS) is 11.6. The van der Waals surface area contributed by atoms with E-state index in [1.807, 2.05) is 13.0 Å². The maximum Gasteiger partial charge on any atom is 0.263 e. The first-order chi connectivity index (χ1) is 9.33. The highest BCUT2D eigenvalue weighted by Gasteiger charge is 2.20. The van der Waals surface area contributed by atoms with Crippen molar-refractivity contribution < 1.29 is 8.42 Å². The maximum absolute atomic E-state index is 12.4. The second-order valence-electron chi connectivity index (χ2n) is 4.29. The second kappa shape index (κ2) is 5.80. The van der Waals surface area contributed by atoms with Gasteiger partial charge in [0.05, 0.1) is 4.90 Å². The van der Waals surface area contributed by atoms with Crippen LogP contribution in [0.1, 0.15) is 16.0 Å². The number of benzene rings is 1. The van der Waals surface area contributed by atoms with E-state index in [0.717, 1.165) is 14.9 Å². The molecule has 0 aliphatic carbocycles. The van der Waals surface area contributed by atoms with Gasteiger partial charge in [0.1, 0.15) is 0 Å². The lowest BCUT2D eigenvalue weighted by Crippen LogP contribution is -2.15. The molecule has 2 aromatic rings. The van der Waals surface area contributed by atoms with Crippen molar-refractivity contribution in [1.29, 1.82) is 0 Å². The Morgan fingerprint density at radius 1 is 1.40 bits per heavy atom. The average Bonchev–Trinajstić information content (AvgIpc) is 2.76. The Morgan fingerprint density at radius 3 is 2.65 bits per heavy atom. The van der Waals surface area contributed by atoms with Gasteiger partial charge in [-0.3, -0.25) is 4.72 Å². The number of thiazole rings is 1. The fraction of sp³-hybridized carbons (Fsp3) is 0.250. The number of nitrogens with two attached hydrogens (primary N) is 1. The van der Waals surface area contributed by atoms with E-state index in [0.29, 0.717) is 10.7 Å². The number of rotatable bonds is 4. The number of hydrogen-bond acceptors (Lipinski definition) is 5. The summed E-state index contributed by atoms with van der Waals surface area (Å²) in [4.78, 5) is 5.16. The molecule has 0 spiro atoms. The fourth-order valence-corrected chi connectivity index (χ4v) is 4.54. The molecule has 0 unspecified atom stereocenters. The summed E-state index contributed by atoms with van der Waals surface area (Å²) in [6.45, 7) is 3.89. The number of aryl methyl sites for hydroxylation is 1. The molecular formula is C12H14BrN3O2S2. The summed E-state index contributed by atoms with van der Waals surface area (Å²) in [5.41, 5.74) is 6.98. The number of nitrogens with zero attached hydrogens (tertiary/aromatic N) is 1. The molecule has 0 bridgehead atoms. The summed E-state index contributed by atoms with van der Waals surface area (Å²) < 4.78 is 28.1. The van der Waals surface area contributed by atoms with Gasteiger partial charge in [-0.2, -0.15) is 0 Å². The first-order valence-electron chi connectivity index (χ1n) is 5.78. The quantitative estimate of drug-likeness (QED) is 0.859. The minimum Gasteiger partial charge on any atom is -0.326 e. The van der Waals surface area contributed by atoms with Crippen LogP contribution in [0.5, 0.6) is 0 Å². The zero-order valence-corrected chi connectivity index (χ0v) is 14.2. The summed E-state index contributed by atoms with van der Waals surface area (Å²) in [6, 6.07) is 3.41. The van der Waals surface area contributed by atoms with Gasteiger partial charge in [-0.1, -0.05) is 15.9 Å². The van der Waals surface area contributed by atoms with Gasteiger partial charge in [-0.05, 0) is 37.1 Å². The molecule has 1 aromatic carbocycles. The Hall–Kier alpha value is -0.960. The van der Waals surface area contributed by atoms with Gasteiger partial charge in [-0.25, -0.2) is 13.4 Å². The van der Waals surface area contributed by atoms with E-state index in [-0.39, 0.29) is 11.4 Å². The molecule has 1 heterocycles. The lowest BCUT2D eigenvalue weighted by Gasteiger charge is -2.11. The van der Waals surface area contributed by atoms with Crippen LogP contribution in [0.2, 0.25) is 0 Å². The molecule has 0 amide bonds. The van der Waals surface area contributed by atoms with Crippen LogP contribution in [0.25, 0.3) is 0 Å². The molecule has 0 saturated carbocycles. The van der Waals surface area contributed by atoms with E-state index in [9.17, 15) is 8.42 Å². The maximum atomic E-state index is 12.4. The fourth-order valence-electron chi connectivity index (χ4n) is 1.68. The highest BCUT2D eigenvalue weighted by atomic mass is 79.9. The smallest absolute Gasteiger partial charge is 0.263 e. The number of sulfonamides is 1. The molecule has 0 radical (unpaired) electrons. The molecule has 5 nitrogen and oxygen atoms in total. The first-order valence-corrected chi connectivity index (χ1v) is 8.87. The highest BCUT2D eigenvalue weighted by Crippen LogP contribution is 2.28. The Labute approximate surface area is 130 Å². The van der Waals surface area contributed by atoms with E-state index < -0.39 is 10.0 Å². The minimum absolute atomic E-state index is 0.208. The third kappa shape index (κ3) is 3.20. The van der Waals surface area contributed by atoms with E-state index in [4.69, 9.17) is 5.73 Å². The number of aromatic nitrogens is 1. The van der Waals surface area contributed by atoms with Crippen LogP contribution >= 0.6 is 27.3 Å². The van der Waals surface area contributed by atoms with Gasteiger partial charge in [0, 0.05) is 22.1 Å². The molecule has 108 valence electrons. The molecule has 3 N–H and O–H groups in total. The standard InChI is InChI=1S/C12H14BrN3O2S2/c1-7-6-15-12(19-7)16-20(17,18)11-4-9(5-14)3-10(13)8(11)2/h3-4,6H,5,14H2,1-2H3,(H,15,16). The SMILES string of the molecule is Cc1cnc(NS(=O)(=O)c2cc(CN)cc(Br)c2C)s1. The Kier molecular flexibility index (Phi) is 4.48. The van der Waals surface area contributed by atoms with Gasteiger partial charge in [0.15, 0.2) is 5.13 Å². The number of anilines is 1. The predicted octanol–water partition coefficient (Wildman–Crippen LogP) is 2.78. The molecule has 8 heteroatoms. The van der Waals surface area contributed by atoms with Crippen LogP contribution < -0.4 is 10.5 Å². The second-order valence-corrected chi connectivity index (χ2v) is 8.03. The van der Waals surface area contributed by atoms with Crippen molar-refractivity contribution in [1.82, 2.24) is 4.98 Å². The van der Waals surface area contributed by atoms with Crippen LogP contribution in [0.4, 0.5) is 5.13 Å².